The zero-order chi connectivity index (χ0) is 20.5. The molecule has 1 aliphatic heterocycles. The number of sulfonamides is 1. The molecule has 2 heterocycles. The van der Waals surface area contributed by atoms with Gasteiger partial charge in [-0.15, -0.1) is 11.8 Å². The highest BCUT2D eigenvalue weighted by Gasteiger charge is 2.17. The van der Waals surface area contributed by atoms with Crippen molar-refractivity contribution in [3.8, 4) is 0 Å². The molecule has 7 nitrogen and oxygen atoms in total. The number of aromatic nitrogens is 1. The molecule has 1 aromatic carbocycles. The Hall–Kier alpha value is -2.39. The maximum Gasteiger partial charge on any atom is 0.262 e. The number of hydrogen-bond donors (Lipinski definition) is 2. The van der Waals surface area contributed by atoms with E-state index in [2.05, 4.69) is 20.0 Å². The van der Waals surface area contributed by atoms with E-state index in [0.29, 0.717) is 36.0 Å². The SMILES string of the molecule is O=C(CSCc1cccnc1)Nc1ccc(S(=O)(=O)NC2=NCCCCC2)cc1. The molecule has 1 aliphatic rings. The number of pyridine rings is 1. The molecule has 2 aromatic rings. The Morgan fingerprint density at radius 3 is 2.69 bits per heavy atom. The first-order valence-corrected chi connectivity index (χ1v) is 12.1. The van der Waals surface area contributed by atoms with E-state index < -0.39 is 10.0 Å². The number of aliphatic imine (C=N–C) groups is 1. The second-order valence-electron chi connectivity index (χ2n) is 6.67. The third kappa shape index (κ3) is 6.86. The molecule has 3 rings (SSSR count). The molecule has 1 amide bonds. The van der Waals surface area contributed by atoms with Crippen LogP contribution in [0.3, 0.4) is 0 Å². The molecule has 29 heavy (non-hydrogen) atoms. The Kier molecular flexibility index (Phi) is 7.65. The van der Waals surface area contributed by atoms with E-state index >= 15 is 0 Å². The number of nitrogens with zero attached hydrogens (tertiary/aromatic N) is 2. The normalized spacial score (nSPS) is 14.6. The van der Waals surface area contributed by atoms with E-state index in [-0.39, 0.29) is 10.8 Å². The molecule has 2 N–H and O–H groups in total. The lowest BCUT2D eigenvalue weighted by atomic mass is 10.2. The number of amides is 1. The van der Waals surface area contributed by atoms with Gasteiger partial charge in [0.05, 0.1) is 10.6 Å². The van der Waals surface area contributed by atoms with E-state index in [4.69, 9.17) is 0 Å². The second-order valence-corrected chi connectivity index (χ2v) is 9.34. The van der Waals surface area contributed by atoms with Crippen LogP contribution in [0.25, 0.3) is 0 Å². The highest BCUT2D eigenvalue weighted by molar-refractivity contribution is 7.99. The van der Waals surface area contributed by atoms with Gasteiger partial charge in [-0.2, -0.15) is 0 Å². The summed E-state index contributed by atoms with van der Waals surface area (Å²) in [6.45, 7) is 0.654. The van der Waals surface area contributed by atoms with Crippen LogP contribution in [0.2, 0.25) is 0 Å². The lowest BCUT2D eigenvalue weighted by Gasteiger charge is -2.10. The molecule has 0 fully saturated rings. The molecule has 0 bridgehead atoms. The molecule has 0 atom stereocenters. The van der Waals surface area contributed by atoms with Gasteiger partial charge < -0.3 is 5.32 Å². The van der Waals surface area contributed by atoms with Crippen LogP contribution in [0.1, 0.15) is 31.2 Å². The van der Waals surface area contributed by atoms with Crippen molar-refractivity contribution >= 4 is 39.2 Å². The number of thioether (sulfide) groups is 1. The fourth-order valence-electron chi connectivity index (χ4n) is 2.83. The van der Waals surface area contributed by atoms with E-state index in [0.717, 1.165) is 24.8 Å². The fraction of sp³-hybridized carbons (Fsp3) is 0.350. The highest BCUT2D eigenvalue weighted by Crippen LogP contribution is 2.16. The van der Waals surface area contributed by atoms with Crippen LogP contribution in [0, 0.1) is 0 Å². The molecule has 154 valence electrons. The molecule has 0 saturated carbocycles. The summed E-state index contributed by atoms with van der Waals surface area (Å²) in [7, 11) is -3.67. The lowest BCUT2D eigenvalue weighted by Crippen LogP contribution is -2.30. The summed E-state index contributed by atoms with van der Waals surface area (Å²) >= 11 is 1.49. The molecule has 0 spiro atoms. The number of carbonyl (C=O) groups is 1. The summed E-state index contributed by atoms with van der Waals surface area (Å²) in [6.07, 6.45) is 7.11. The maximum atomic E-state index is 12.5. The number of carbonyl (C=O) groups excluding carboxylic acids is 1. The van der Waals surface area contributed by atoms with Gasteiger partial charge in [-0.1, -0.05) is 12.5 Å². The predicted molar refractivity (Wildman–Crippen MR) is 117 cm³/mol. The fourth-order valence-corrected chi connectivity index (χ4v) is 4.69. The minimum absolute atomic E-state index is 0.138. The average Bonchev–Trinajstić information content (AvgIpc) is 2.97. The predicted octanol–water partition coefficient (Wildman–Crippen LogP) is 3.20. The molecular weight excluding hydrogens is 408 g/mol. The van der Waals surface area contributed by atoms with Crippen molar-refractivity contribution in [2.45, 2.75) is 36.3 Å². The van der Waals surface area contributed by atoms with Crippen LogP contribution in [0.15, 0.2) is 58.7 Å². The smallest absolute Gasteiger partial charge is 0.262 e. The Balaban J connectivity index is 1.51. The standard InChI is InChI=1S/C20H24N4O3S2/c25-20(15-28-14-16-5-4-11-21-13-16)23-17-7-9-18(10-8-17)29(26,27)24-19-6-2-1-3-12-22-19/h4-5,7-11,13H,1-3,6,12,14-15H2,(H,22,24)(H,23,25). The number of benzene rings is 1. The van der Waals surface area contributed by atoms with Crippen molar-refractivity contribution in [2.75, 3.05) is 17.6 Å². The molecule has 0 saturated heterocycles. The highest BCUT2D eigenvalue weighted by atomic mass is 32.2. The Bertz CT molecular complexity index is 945. The van der Waals surface area contributed by atoms with E-state index in [1.54, 1.807) is 24.5 Å². The summed E-state index contributed by atoms with van der Waals surface area (Å²) in [5, 5.41) is 2.78. The number of rotatable bonds is 7. The zero-order valence-corrected chi connectivity index (χ0v) is 17.6. The van der Waals surface area contributed by atoms with Crippen LogP contribution >= 0.6 is 11.8 Å². The van der Waals surface area contributed by atoms with Gasteiger partial charge in [0.2, 0.25) is 5.91 Å². The van der Waals surface area contributed by atoms with Crippen molar-refractivity contribution in [3.63, 3.8) is 0 Å². The molecule has 9 heteroatoms. The molecule has 0 unspecified atom stereocenters. The second kappa shape index (κ2) is 10.4. The van der Waals surface area contributed by atoms with Crippen LogP contribution in [0.4, 0.5) is 5.69 Å². The van der Waals surface area contributed by atoms with Crippen LogP contribution in [-0.4, -0.2) is 37.4 Å². The van der Waals surface area contributed by atoms with E-state index in [9.17, 15) is 13.2 Å². The van der Waals surface area contributed by atoms with E-state index in [1.807, 2.05) is 12.1 Å². The maximum absolute atomic E-state index is 12.5. The quantitative estimate of drug-likeness (QED) is 0.700. The van der Waals surface area contributed by atoms with Gasteiger partial charge in [0, 0.05) is 36.8 Å². The first kappa shape index (κ1) is 21.3. The van der Waals surface area contributed by atoms with Crippen molar-refractivity contribution in [3.05, 3.63) is 54.4 Å². The molecular formula is C20H24N4O3S2. The van der Waals surface area contributed by atoms with Crippen LogP contribution < -0.4 is 10.0 Å². The van der Waals surface area contributed by atoms with Crippen molar-refractivity contribution in [1.82, 2.24) is 9.71 Å². The van der Waals surface area contributed by atoms with Gasteiger partial charge in [-0.05, 0) is 48.7 Å². The van der Waals surface area contributed by atoms with Gasteiger partial charge in [0.25, 0.3) is 10.0 Å². The summed E-state index contributed by atoms with van der Waals surface area (Å²) in [4.78, 5) is 20.6. The zero-order valence-electron chi connectivity index (χ0n) is 16.0. The molecule has 1 aromatic heterocycles. The van der Waals surface area contributed by atoms with Gasteiger partial charge in [-0.3, -0.25) is 19.5 Å². The van der Waals surface area contributed by atoms with Crippen LogP contribution in [0.5, 0.6) is 0 Å². The number of nitrogens with one attached hydrogen (secondary N) is 2. The molecule has 0 aliphatic carbocycles. The van der Waals surface area contributed by atoms with Crippen molar-refractivity contribution in [1.29, 1.82) is 0 Å². The van der Waals surface area contributed by atoms with Gasteiger partial charge in [-0.25, -0.2) is 8.42 Å². The summed E-state index contributed by atoms with van der Waals surface area (Å²) < 4.78 is 27.7. The van der Waals surface area contributed by atoms with Gasteiger partial charge in [0.1, 0.15) is 5.84 Å². The summed E-state index contributed by atoms with van der Waals surface area (Å²) in [6, 6.07) is 9.98. The first-order valence-electron chi connectivity index (χ1n) is 9.46. The van der Waals surface area contributed by atoms with E-state index in [1.165, 1.54) is 23.9 Å². The Labute approximate surface area is 175 Å². The average molecular weight is 433 g/mol. The number of hydrogen-bond acceptors (Lipinski definition) is 6. The van der Waals surface area contributed by atoms with Crippen LogP contribution in [-0.2, 0) is 20.6 Å². The third-order valence-electron chi connectivity index (χ3n) is 4.30. The van der Waals surface area contributed by atoms with Crippen molar-refractivity contribution in [2.24, 2.45) is 4.99 Å². The van der Waals surface area contributed by atoms with Gasteiger partial charge in [0.15, 0.2) is 0 Å². The lowest BCUT2D eigenvalue weighted by molar-refractivity contribution is -0.113. The minimum Gasteiger partial charge on any atom is -0.325 e. The topological polar surface area (TPSA) is 101 Å². The summed E-state index contributed by atoms with van der Waals surface area (Å²) in [5.41, 5.74) is 1.62. The Morgan fingerprint density at radius 2 is 1.93 bits per heavy atom. The summed E-state index contributed by atoms with van der Waals surface area (Å²) in [5.74, 6) is 1.38. The monoisotopic (exact) mass is 432 g/mol. The van der Waals surface area contributed by atoms with Gasteiger partial charge >= 0.3 is 0 Å². The number of amidine groups is 1. The largest absolute Gasteiger partial charge is 0.325 e. The van der Waals surface area contributed by atoms with Crippen molar-refractivity contribution < 1.29 is 13.2 Å². The minimum atomic E-state index is -3.67. The third-order valence-corrected chi connectivity index (χ3v) is 6.70. The first-order chi connectivity index (χ1) is 14.0. The Morgan fingerprint density at radius 1 is 1.10 bits per heavy atom. The number of anilines is 1. The molecule has 0 radical (unpaired) electrons.